The molecule has 3 N–H and O–H groups in total. The number of nitrogens with two attached hydrogens (primary N) is 1. The van der Waals surface area contributed by atoms with Crippen LogP contribution >= 0.6 is 0 Å². The molecular weight excluding hydrogens is 274 g/mol. The van der Waals surface area contributed by atoms with Crippen LogP contribution in [-0.4, -0.2) is 44.7 Å². The Bertz CT molecular complexity index is 547. The number of hydrogen-bond donors (Lipinski definition) is 2. The molecule has 0 radical (unpaired) electrons. The summed E-state index contributed by atoms with van der Waals surface area (Å²) in [4.78, 5) is 25.3. The van der Waals surface area contributed by atoms with E-state index in [9.17, 15) is 9.59 Å². The van der Waals surface area contributed by atoms with Crippen molar-refractivity contribution in [2.24, 2.45) is 0 Å². The topological polar surface area (TPSA) is 93.9 Å². The van der Waals surface area contributed by atoms with Gasteiger partial charge in [0.1, 0.15) is 12.3 Å². The van der Waals surface area contributed by atoms with Crippen molar-refractivity contribution in [3.05, 3.63) is 18.2 Å². The van der Waals surface area contributed by atoms with E-state index in [4.69, 9.17) is 15.2 Å². The summed E-state index contributed by atoms with van der Waals surface area (Å²) in [7, 11) is 1.56. The molecule has 0 saturated carbocycles. The van der Waals surface area contributed by atoms with Crippen LogP contribution in [0.4, 0.5) is 11.4 Å². The molecule has 0 spiro atoms. The van der Waals surface area contributed by atoms with Gasteiger partial charge in [0.25, 0.3) is 5.91 Å². The molecule has 21 heavy (non-hydrogen) atoms. The van der Waals surface area contributed by atoms with Gasteiger partial charge in [0.2, 0.25) is 5.91 Å². The van der Waals surface area contributed by atoms with Crippen molar-refractivity contribution in [2.45, 2.75) is 13.0 Å². The van der Waals surface area contributed by atoms with Crippen molar-refractivity contribution >= 4 is 23.2 Å². The number of nitrogen functional groups attached to an aromatic ring is 1. The van der Waals surface area contributed by atoms with Crippen LogP contribution < -0.4 is 20.7 Å². The van der Waals surface area contributed by atoms with Gasteiger partial charge >= 0.3 is 0 Å². The first kappa shape index (κ1) is 15.1. The first-order valence-electron chi connectivity index (χ1n) is 6.62. The lowest BCUT2D eigenvalue weighted by atomic mass is 10.2. The van der Waals surface area contributed by atoms with Crippen LogP contribution in [0.15, 0.2) is 18.2 Å². The maximum atomic E-state index is 12.0. The minimum Gasteiger partial charge on any atom is -0.481 e. The number of carbonyl (C=O) groups is 2. The average molecular weight is 293 g/mol. The Morgan fingerprint density at radius 2 is 2.33 bits per heavy atom. The van der Waals surface area contributed by atoms with E-state index < -0.39 is 0 Å². The van der Waals surface area contributed by atoms with Gasteiger partial charge in [-0.1, -0.05) is 0 Å². The number of anilines is 2. The first-order valence-corrected chi connectivity index (χ1v) is 6.62. The summed E-state index contributed by atoms with van der Waals surface area (Å²) in [6.45, 7) is 2.08. The zero-order valence-corrected chi connectivity index (χ0v) is 12.1. The molecular formula is C14H19N3O4. The van der Waals surface area contributed by atoms with E-state index in [1.807, 2.05) is 6.92 Å². The molecule has 2 amide bonds. The number of amides is 2. The Kier molecular flexibility index (Phi) is 4.64. The first-order chi connectivity index (χ1) is 10.0. The van der Waals surface area contributed by atoms with E-state index in [1.54, 1.807) is 25.3 Å². The van der Waals surface area contributed by atoms with Crippen LogP contribution in [0.1, 0.15) is 6.92 Å². The van der Waals surface area contributed by atoms with Crippen molar-refractivity contribution in [1.82, 2.24) is 5.32 Å². The highest BCUT2D eigenvalue weighted by atomic mass is 16.5. The summed E-state index contributed by atoms with van der Waals surface area (Å²) >= 11 is 0. The Morgan fingerprint density at radius 3 is 3.05 bits per heavy atom. The summed E-state index contributed by atoms with van der Waals surface area (Å²) in [6, 6.07) is 4.86. The van der Waals surface area contributed by atoms with Gasteiger partial charge in [0.05, 0.1) is 12.3 Å². The second-order valence-corrected chi connectivity index (χ2v) is 4.92. The van der Waals surface area contributed by atoms with Gasteiger partial charge in [-0.3, -0.25) is 14.5 Å². The quantitative estimate of drug-likeness (QED) is 0.753. The molecule has 0 aliphatic carbocycles. The van der Waals surface area contributed by atoms with Crippen LogP contribution in [0.25, 0.3) is 0 Å². The van der Waals surface area contributed by atoms with Crippen LogP contribution in [0.5, 0.6) is 5.75 Å². The molecule has 1 aromatic carbocycles. The predicted octanol–water partition coefficient (Wildman–Crippen LogP) is 0.145. The van der Waals surface area contributed by atoms with Crippen molar-refractivity contribution in [2.75, 3.05) is 37.5 Å². The molecule has 114 valence electrons. The Labute approximate surface area is 123 Å². The minimum atomic E-state index is -0.262. The van der Waals surface area contributed by atoms with Gasteiger partial charge in [-0.15, -0.1) is 0 Å². The number of rotatable bonds is 5. The molecule has 1 atom stereocenters. The number of hydrogen-bond acceptors (Lipinski definition) is 5. The van der Waals surface area contributed by atoms with Gasteiger partial charge in [0.15, 0.2) is 6.61 Å². The number of nitrogens with one attached hydrogen (secondary N) is 1. The van der Waals surface area contributed by atoms with Crippen LogP contribution in [0, 0.1) is 0 Å². The average Bonchev–Trinajstić information content (AvgIpc) is 2.42. The zero-order valence-electron chi connectivity index (χ0n) is 12.1. The summed E-state index contributed by atoms with van der Waals surface area (Å²) in [6.07, 6.45) is 0. The van der Waals surface area contributed by atoms with Crippen LogP contribution in [0.2, 0.25) is 0 Å². The minimum absolute atomic E-state index is 0.0623. The number of carbonyl (C=O) groups excluding carboxylic acids is 2. The molecule has 0 fully saturated rings. The molecule has 0 aromatic heterocycles. The second kappa shape index (κ2) is 6.45. The summed E-state index contributed by atoms with van der Waals surface area (Å²) in [5.41, 5.74) is 6.78. The van der Waals surface area contributed by atoms with Crippen molar-refractivity contribution in [3.8, 4) is 5.75 Å². The molecule has 2 rings (SSSR count). The Morgan fingerprint density at radius 1 is 1.57 bits per heavy atom. The fourth-order valence-electron chi connectivity index (χ4n) is 2.15. The lowest BCUT2D eigenvalue weighted by Crippen LogP contribution is -2.47. The number of methoxy groups -OCH3 is 1. The van der Waals surface area contributed by atoms with Crippen molar-refractivity contribution in [1.29, 1.82) is 0 Å². The van der Waals surface area contributed by atoms with E-state index in [0.717, 1.165) is 0 Å². The van der Waals surface area contributed by atoms with Crippen LogP contribution in [0.3, 0.4) is 0 Å². The second-order valence-electron chi connectivity index (χ2n) is 4.92. The van der Waals surface area contributed by atoms with E-state index >= 15 is 0 Å². The molecule has 0 saturated heterocycles. The highest BCUT2D eigenvalue weighted by Gasteiger charge is 2.27. The number of nitrogens with zero attached hydrogens (tertiary/aromatic N) is 1. The number of benzene rings is 1. The molecule has 1 unspecified atom stereocenters. The van der Waals surface area contributed by atoms with Gasteiger partial charge in [-0.25, -0.2) is 0 Å². The third-order valence-electron chi connectivity index (χ3n) is 3.05. The number of ether oxygens (including phenoxy) is 2. The van der Waals surface area contributed by atoms with Crippen molar-refractivity contribution in [3.63, 3.8) is 0 Å². The molecule has 7 heteroatoms. The SMILES string of the molecule is COCC(C)NC(=O)CN1C(=O)COc2cc(N)ccc21. The largest absolute Gasteiger partial charge is 0.481 e. The Hall–Kier alpha value is -2.28. The highest BCUT2D eigenvalue weighted by molar-refractivity contribution is 6.02. The lowest BCUT2D eigenvalue weighted by molar-refractivity contribution is -0.125. The third-order valence-corrected chi connectivity index (χ3v) is 3.05. The van der Waals surface area contributed by atoms with Crippen LogP contribution in [-0.2, 0) is 14.3 Å². The standard InChI is InChI=1S/C14H19N3O4/c1-9(7-20-2)16-13(18)6-17-11-4-3-10(15)5-12(11)21-8-14(17)19/h3-5,9H,6-8,15H2,1-2H3,(H,16,18). The molecule has 1 heterocycles. The van der Waals surface area contributed by atoms with Gasteiger partial charge in [-0.2, -0.15) is 0 Å². The summed E-state index contributed by atoms with van der Waals surface area (Å²) in [5, 5.41) is 2.77. The highest BCUT2D eigenvalue weighted by Crippen LogP contribution is 2.33. The zero-order chi connectivity index (χ0) is 15.4. The number of fused-ring (bicyclic) bond motifs is 1. The van der Waals surface area contributed by atoms with Gasteiger partial charge in [0, 0.05) is 24.9 Å². The molecule has 0 bridgehead atoms. The lowest BCUT2D eigenvalue weighted by Gasteiger charge is -2.29. The molecule has 1 aliphatic heterocycles. The fraction of sp³-hybridized carbons (Fsp3) is 0.429. The Balaban J connectivity index is 2.09. The normalized spacial score (nSPS) is 15.1. The molecule has 1 aliphatic rings. The van der Waals surface area contributed by atoms with E-state index in [-0.39, 0.29) is 31.0 Å². The monoisotopic (exact) mass is 293 g/mol. The maximum Gasteiger partial charge on any atom is 0.265 e. The molecule has 7 nitrogen and oxygen atoms in total. The van der Waals surface area contributed by atoms with E-state index in [1.165, 1.54) is 4.90 Å². The van der Waals surface area contributed by atoms with Gasteiger partial charge < -0.3 is 20.5 Å². The maximum absolute atomic E-state index is 12.0. The van der Waals surface area contributed by atoms with E-state index in [2.05, 4.69) is 5.32 Å². The smallest absolute Gasteiger partial charge is 0.265 e. The summed E-state index contributed by atoms with van der Waals surface area (Å²) in [5.74, 6) is -0.00766. The van der Waals surface area contributed by atoms with Crippen molar-refractivity contribution < 1.29 is 19.1 Å². The summed E-state index contributed by atoms with van der Waals surface area (Å²) < 4.78 is 10.3. The van der Waals surface area contributed by atoms with Gasteiger partial charge in [-0.05, 0) is 19.1 Å². The fourth-order valence-corrected chi connectivity index (χ4v) is 2.15. The third kappa shape index (κ3) is 3.63. The predicted molar refractivity (Wildman–Crippen MR) is 78.2 cm³/mol. The van der Waals surface area contributed by atoms with E-state index in [0.29, 0.717) is 23.7 Å². The molecule has 1 aromatic rings.